The molecule has 1 heterocycles. The lowest BCUT2D eigenvalue weighted by molar-refractivity contribution is 0.267. The molecular weight excluding hydrogens is 336 g/mol. The maximum absolute atomic E-state index is 6.13. The van der Waals surface area contributed by atoms with E-state index in [1.165, 1.54) is 37.8 Å². The van der Waals surface area contributed by atoms with E-state index in [0.29, 0.717) is 11.6 Å². The standard InChI is InChI=1S/C16H22BrClN2/c1-2-12-10-19-16(7-3-4-8-16)11-20(12)13-5-6-15(18)14(17)9-13/h5-6,9,12,19H,2-4,7-8,10-11H2,1H3. The van der Waals surface area contributed by atoms with Gasteiger partial charge in [0.05, 0.1) is 5.02 Å². The van der Waals surface area contributed by atoms with Crippen molar-refractivity contribution in [3.05, 3.63) is 27.7 Å². The minimum absolute atomic E-state index is 0.345. The summed E-state index contributed by atoms with van der Waals surface area (Å²) in [4.78, 5) is 2.59. The second-order valence-electron chi connectivity index (χ2n) is 6.16. The summed E-state index contributed by atoms with van der Waals surface area (Å²) < 4.78 is 0.991. The van der Waals surface area contributed by atoms with Crippen molar-refractivity contribution in [3.8, 4) is 0 Å². The van der Waals surface area contributed by atoms with Gasteiger partial charge in [-0.25, -0.2) is 0 Å². The minimum atomic E-state index is 0.345. The van der Waals surface area contributed by atoms with Crippen LogP contribution in [-0.4, -0.2) is 24.7 Å². The Kier molecular flexibility index (Phi) is 4.30. The first-order valence-corrected chi connectivity index (χ1v) is 8.77. The molecule has 0 aromatic heterocycles. The van der Waals surface area contributed by atoms with Gasteiger partial charge in [-0.3, -0.25) is 0 Å². The lowest BCUT2D eigenvalue weighted by Crippen LogP contribution is -2.63. The predicted molar refractivity (Wildman–Crippen MR) is 89.8 cm³/mol. The van der Waals surface area contributed by atoms with Gasteiger partial charge in [-0.1, -0.05) is 31.4 Å². The number of nitrogens with one attached hydrogen (secondary N) is 1. The zero-order valence-corrected chi connectivity index (χ0v) is 14.3. The first-order valence-electron chi connectivity index (χ1n) is 7.60. The van der Waals surface area contributed by atoms with Gasteiger partial charge in [-0.05, 0) is 53.4 Å². The molecule has 4 heteroatoms. The Morgan fingerprint density at radius 2 is 2.15 bits per heavy atom. The Bertz CT molecular complexity index is 485. The first-order chi connectivity index (χ1) is 9.63. The van der Waals surface area contributed by atoms with E-state index in [2.05, 4.69) is 45.2 Å². The van der Waals surface area contributed by atoms with Crippen LogP contribution in [-0.2, 0) is 0 Å². The molecule has 1 unspecified atom stereocenters. The average Bonchev–Trinajstić information content (AvgIpc) is 2.90. The molecule has 110 valence electrons. The summed E-state index contributed by atoms with van der Waals surface area (Å²) >= 11 is 9.69. The molecule has 1 N–H and O–H groups in total. The molecule has 1 aromatic carbocycles. The monoisotopic (exact) mass is 356 g/mol. The normalized spacial score (nSPS) is 25.4. The molecule has 2 nitrogen and oxygen atoms in total. The third-order valence-corrected chi connectivity index (χ3v) is 6.11. The van der Waals surface area contributed by atoms with Crippen LogP contribution in [0.2, 0.25) is 5.02 Å². The molecule has 0 bridgehead atoms. The van der Waals surface area contributed by atoms with Gasteiger partial charge in [0.15, 0.2) is 0 Å². The summed E-state index contributed by atoms with van der Waals surface area (Å²) in [5.41, 5.74) is 1.64. The van der Waals surface area contributed by atoms with Crippen LogP contribution in [0.3, 0.4) is 0 Å². The summed E-state index contributed by atoms with van der Waals surface area (Å²) in [6.07, 6.45) is 6.52. The predicted octanol–water partition coefficient (Wildman–Crippen LogP) is 4.60. The maximum atomic E-state index is 6.13. The number of anilines is 1. The Hall–Kier alpha value is -0.250. The topological polar surface area (TPSA) is 15.3 Å². The Morgan fingerprint density at radius 1 is 1.40 bits per heavy atom. The Labute approximate surface area is 135 Å². The molecule has 1 atom stereocenters. The fourth-order valence-corrected chi connectivity index (χ4v) is 4.16. The number of hydrogen-bond donors (Lipinski definition) is 1. The van der Waals surface area contributed by atoms with Gasteiger partial charge in [-0.2, -0.15) is 0 Å². The van der Waals surface area contributed by atoms with Gasteiger partial charge >= 0.3 is 0 Å². The number of rotatable bonds is 2. The van der Waals surface area contributed by atoms with Crippen molar-refractivity contribution in [1.82, 2.24) is 5.32 Å². The molecule has 1 spiro atoms. The van der Waals surface area contributed by atoms with E-state index in [1.807, 2.05) is 6.07 Å². The molecule has 1 saturated heterocycles. The van der Waals surface area contributed by atoms with E-state index in [0.717, 1.165) is 22.6 Å². The van der Waals surface area contributed by atoms with Crippen LogP contribution in [0.25, 0.3) is 0 Å². The van der Waals surface area contributed by atoms with Crippen molar-refractivity contribution >= 4 is 33.2 Å². The van der Waals surface area contributed by atoms with Gasteiger partial charge in [0.1, 0.15) is 0 Å². The quantitative estimate of drug-likeness (QED) is 0.832. The molecule has 3 rings (SSSR count). The number of piperazine rings is 1. The molecule has 1 aliphatic heterocycles. The minimum Gasteiger partial charge on any atom is -0.365 e. The zero-order chi connectivity index (χ0) is 14.2. The molecule has 1 aromatic rings. The van der Waals surface area contributed by atoms with E-state index in [1.54, 1.807) is 0 Å². The van der Waals surface area contributed by atoms with Crippen LogP contribution >= 0.6 is 27.5 Å². The summed E-state index contributed by atoms with van der Waals surface area (Å²) in [6.45, 7) is 4.49. The van der Waals surface area contributed by atoms with Gasteiger partial charge in [0.2, 0.25) is 0 Å². The summed E-state index contributed by atoms with van der Waals surface area (Å²) in [5, 5.41) is 4.63. The van der Waals surface area contributed by atoms with Crippen LogP contribution in [0.1, 0.15) is 39.0 Å². The molecule has 0 radical (unpaired) electrons. The molecule has 2 aliphatic rings. The van der Waals surface area contributed by atoms with Crippen molar-refractivity contribution < 1.29 is 0 Å². The smallest absolute Gasteiger partial charge is 0.0549 e. The molecule has 2 fully saturated rings. The number of nitrogens with zero attached hydrogens (tertiary/aromatic N) is 1. The van der Waals surface area contributed by atoms with E-state index in [-0.39, 0.29) is 0 Å². The Morgan fingerprint density at radius 3 is 2.80 bits per heavy atom. The van der Waals surface area contributed by atoms with E-state index < -0.39 is 0 Å². The van der Waals surface area contributed by atoms with Crippen molar-refractivity contribution in [2.24, 2.45) is 0 Å². The van der Waals surface area contributed by atoms with Gasteiger partial charge in [-0.15, -0.1) is 0 Å². The van der Waals surface area contributed by atoms with Crippen LogP contribution in [0.5, 0.6) is 0 Å². The van der Waals surface area contributed by atoms with Gasteiger partial charge in [0.25, 0.3) is 0 Å². The van der Waals surface area contributed by atoms with Gasteiger partial charge in [0, 0.05) is 34.8 Å². The van der Waals surface area contributed by atoms with Crippen molar-refractivity contribution in [2.45, 2.75) is 50.6 Å². The second kappa shape index (κ2) is 5.86. The second-order valence-corrected chi connectivity index (χ2v) is 7.42. The highest BCUT2D eigenvalue weighted by Crippen LogP contribution is 2.37. The highest BCUT2D eigenvalue weighted by molar-refractivity contribution is 9.10. The summed E-state index contributed by atoms with van der Waals surface area (Å²) in [7, 11) is 0. The van der Waals surface area contributed by atoms with Crippen LogP contribution in [0, 0.1) is 0 Å². The number of benzene rings is 1. The van der Waals surface area contributed by atoms with E-state index in [9.17, 15) is 0 Å². The van der Waals surface area contributed by atoms with Crippen LogP contribution < -0.4 is 10.2 Å². The molecule has 20 heavy (non-hydrogen) atoms. The molecule has 1 aliphatic carbocycles. The van der Waals surface area contributed by atoms with Crippen molar-refractivity contribution in [3.63, 3.8) is 0 Å². The average molecular weight is 358 g/mol. The highest BCUT2D eigenvalue weighted by atomic mass is 79.9. The Balaban J connectivity index is 1.88. The molecule has 1 saturated carbocycles. The summed E-state index contributed by atoms with van der Waals surface area (Å²) in [5.74, 6) is 0. The fourth-order valence-electron chi connectivity index (χ4n) is 3.67. The first kappa shape index (κ1) is 14.7. The highest BCUT2D eigenvalue weighted by Gasteiger charge is 2.40. The number of halogens is 2. The maximum Gasteiger partial charge on any atom is 0.0549 e. The SMILES string of the molecule is CCC1CNC2(CCCC2)CN1c1ccc(Cl)c(Br)c1. The third kappa shape index (κ3) is 2.72. The fraction of sp³-hybridized carbons (Fsp3) is 0.625. The van der Waals surface area contributed by atoms with Crippen molar-refractivity contribution in [2.75, 3.05) is 18.0 Å². The van der Waals surface area contributed by atoms with Crippen LogP contribution in [0.4, 0.5) is 5.69 Å². The van der Waals surface area contributed by atoms with Crippen molar-refractivity contribution in [1.29, 1.82) is 0 Å². The largest absolute Gasteiger partial charge is 0.365 e. The molecule has 0 amide bonds. The third-order valence-electron chi connectivity index (χ3n) is 4.89. The molecular formula is C16H22BrClN2. The van der Waals surface area contributed by atoms with Gasteiger partial charge < -0.3 is 10.2 Å². The van der Waals surface area contributed by atoms with Crippen LogP contribution in [0.15, 0.2) is 22.7 Å². The lowest BCUT2D eigenvalue weighted by Gasteiger charge is -2.47. The van der Waals surface area contributed by atoms with E-state index >= 15 is 0 Å². The van der Waals surface area contributed by atoms with E-state index in [4.69, 9.17) is 11.6 Å². The lowest BCUT2D eigenvalue weighted by atomic mass is 9.91. The summed E-state index contributed by atoms with van der Waals surface area (Å²) in [6, 6.07) is 6.90. The zero-order valence-electron chi connectivity index (χ0n) is 12.0. The number of hydrogen-bond acceptors (Lipinski definition) is 2.